The lowest BCUT2D eigenvalue weighted by Gasteiger charge is -2.11. The molecule has 15 heavy (non-hydrogen) atoms. The van der Waals surface area contributed by atoms with Crippen LogP contribution in [0.1, 0.15) is 20.8 Å². The van der Waals surface area contributed by atoms with Gasteiger partial charge in [0.2, 0.25) is 0 Å². The Morgan fingerprint density at radius 3 is 1.87 bits per heavy atom. The molecule has 0 saturated carbocycles. The summed E-state index contributed by atoms with van der Waals surface area (Å²) in [6.45, 7) is 9.27. The van der Waals surface area contributed by atoms with E-state index in [9.17, 15) is 8.42 Å². The summed E-state index contributed by atoms with van der Waals surface area (Å²) in [7, 11) is -2.89. The SMILES string of the molecule is CC(C)CNCCNCC(C)S(C)(=O)=O. The quantitative estimate of drug-likeness (QED) is 0.593. The van der Waals surface area contributed by atoms with E-state index in [0.29, 0.717) is 12.5 Å². The Hall–Kier alpha value is -0.130. The van der Waals surface area contributed by atoms with E-state index in [0.717, 1.165) is 19.6 Å². The van der Waals surface area contributed by atoms with Crippen LogP contribution in [0.3, 0.4) is 0 Å². The molecular weight excluding hydrogens is 212 g/mol. The Labute approximate surface area is 93.7 Å². The van der Waals surface area contributed by atoms with Crippen LogP contribution in [0.2, 0.25) is 0 Å². The van der Waals surface area contributed by atoms with Crippen molar-refractivity contribution < 1.29 is 8.42 Å². The maximum Gasteiger partial charge on any atom is 0.151 e. The molecule has 4 nitrogen and oxygen atoms in total. The standard InChI is InChI=1S/C10H24N2O2S/c1-9(2)7-11-5-6-12-8-10(3)15(4,13)14/h9-12H,5-8H2,1-4H3. The van der Waals surface area contributed by atoms with Crippen LogP contribution in [-0.4, -0.2) is 46.1 Å². The predicted octanol–water partition coefficient (Wildman–Crippen LogP) is 0.255. The maximum absolute atomic E-state index is 11.1. The summed E-state index contributed by atoms with van der Waals surface area (Å²) in [5, 5.41) is 6.11. The van der Waals surface area contributed by atoms with Crippen molar-refractivity contribution in [2.75, 3.05) is 32.4 Å². The van der Waals surface area contributed by atoms with Crippen LogP contribution in [0, 0.1) is 5.92 Å². The molecule has 0 saturated heterocycles. The average Bonchev–Trinajstić information content (AvgIpc) is 2.08. The first-order chi connectivity index (χ1) is 6.84. The Morgan fingerprint density at radius 1 is 1.00 bits per heavy atom. The van der Waals surface area contributed by atoms with Gasteiger partial charge in [-0.2, -0.15) is 0 Å². The minimum Gasteiger partial charge on any atom is -0.315 e. The van der Waals surface area contributed by atoms with Crippen LogP contribution in [0.15, 0.2) is 0 Å². The first-order valence-electron chi connectivity index (χ1n) is 5.44. The van der Waals surface area contributed by atoms with Crippen molar-refractivity contribution in [2.45, 2.75) is 26.0 Å². The average molecular weight is 236 g/mol. The number of hydrogen-bond acceptors (Lipinski definition) is 4. The van der Waals surface area contributed by atoms with Crippen molar-refractivity contribution in [1.29, 1.82) is 0 Å². The third kappa shape index (κ3) is 8.84. The van der Waals surface area contributed by atoms with E-state index >= 15 is 0 Å². The smallest absolute Gasteiger partial charge is 0.151 e. The van der Waals surface area contributed by atoms with Gasteiger partial charge in [-0.15, -0.1) is 0 Å². The van der Waals surface area contributed by atoms with Crippen molar-refractivity contribution in [2.24, 2.45) is 5.92 Å². The number of nitrogens with one attached hydrogen (secondary N) is 2. The Balaban J connectivity index is 3.40. The highest BCUT2D eigenvalue weighted by Crippen LogP contribution is 1.94. The van der Waals surface area contributed by atoms with Gasteiger partial charge < -0.3 is 10.6 Å². The van der Waals surface area contributed by atoms with Crippen molar-refractivity contribution in [1.82, 2.24) is 10.6 Å². The summed E-state index contributed by atoms with van der Waals surface area (Å²) < 4.78 is 22.2. The molecule has 0 bridgehead atoms. The van der Waals surface area contributed by atoms with Crippen molar-refractivity contribution in [3.63, 3.8) is 0 Å². The molecule has 0 aliphatic rings. The zero-order chi connectivity index (χ0) is 11.9. The van der Waals surface area contributed by atoms with Gasteiger partial charge >= 0.3 is 0 Å². The molecule has 0 heterocycles. The van der Waals surface area contributed by atoms with E-state index in [4.69, 9.17) is 0 Å². The van der Waals surface area contributed by atoms with Crippen LogP contribution in [-0.2, 0) is 9.84 Å². The van der Waals surface area contributed by atoms with Crippen molar-refractivity contribution in [3.05, 3.63) is 0 Å². The second-order valence-corrected chi connectivity index (χ2v) is 6.91. The second kappa shape index (κ2) is 7.19. The van der Waals surface area contributed by atoms with E-state index < -0.39 is 9.84 Å². The maximum atomic E-state index is 11.1. The van der Waals surface area contributed by atoms with E-state index in [-0.39, 0.29) is 5.25 Å². The molecule has 2 N–H and O–H groups in total. The summed E-state index contributed by atoms with van der Waals surface area (Å²) in [5.74, 6) is 0.653. The molecule has 0 fully saturated rings. The number of rotatable bonds is 8. The molecule has 0 aliphatic heterocycles. The summed E-state index contributed by atoms with van der Waals surface area (Å²) in [6.07, 6.45) is 1.27. The third-order valence-electron chi connectivity index (χ3n) is 2.19. The van der Waals surface area contributed by atoms with Crippen molar-refractivity contribution in [3.8, 4) is 0 Å². The zero-order valence-corrected chi connectivity index (χ0v) is 11.0. The van der Waals surface area contributed by atoms with Crippen molar-refractivity contribution >= 4 is 9.84 Å². The fourth-order valence-electron chi connectivity index (χ4n) is 1.02. The molecule has 0 amide bonds. The number of hydrogen-bond donors (Lipinski definition) is 2. The summed E-state index contributed by atoms with van der Waals surface area (Å²) >= 11 is 0. The van der Waals surface area contributed by atoms with Gasteiger partial charge in [-0.3, -0.25) is 0 Å². The van der Waals surface area contributed by atoms with E-state index in [1.807, 2.05) is 0 Å². The first kappa shape index (κ1) is 14.9. The lowest BCUT2D eigenvalue weighted by Crippen LogP contribution is -2.35. The van der Waals surface area contributed by atoms with Crippen LogP contribution in [0.4, 0.5) is 0 Å². The Kier molecular flexibility index (Phi) is 7.13. The molecule has 0 aliphatic carbocycles. The lowest BCUT2D eigenvalue weighted by molar-refractivity contribution is 0.531. The minimum absolute atomic E-state index is 0.303. The highest BCUT2D eigenvalue weighted by Gasteiger charge is 2.13. The zero-order valence-electron chi connectivity index (χ0n) is 10.2. The highest BCUT2D eigenvalue weighted by molar-refractivity contribution is 7.91. The molecule has 5 heteroatoms. The Morgan fingerprint density at radius 2 is 1.47 bits per heavy atom. The second-order valence-electron chi connectivity index (χ2n) is 4.44. The van der Waals surface area contributed by atoms with Gasteiger partial charge in [0, 0.05) is 25.9 Å². The van der Waals surface area contributed by atoms with Crippen LogP contribution in [0.5, 0.6) is 0 Å². The Bertz CT molecular complexity index is 250. The van der Waals surface area contributed by atoms with Crippen LogP contribution >= 0.6 is 0 Å². The molecule has 0 aromatic heterocycles. The molecule has 0 aromatic carbocycles. The van der Waals surface area contributed by atoms with Gasteiger partial charge in [-0.05, 0) is 19.4 Å². The molecule has 92 valence electrons. The highest BCUT2D eigenvalue weighted by atomic mass is 32.2. The predicted molar refractivity (Wildman–Crippen MR) is 64.9 cm³/mol. The van der Waals surface area contributed by atoms with Gasteiger partial charge in [0.1, 0.15) is 0 Å². The van der Waals surface area contributed by atoms with Gasteiger partial charge in [0.05, 0.1) is 5.25 Å². The van der Waals surface area contributed by atoms with Gasteiger partial charge in [0.15, 0.2) is 9.84 Å². The van der Waals surface area contributed by atoms with Crippen LogP contribution < -0.4 is 10.6 Å². The summed E-state index contributed by atoms with van der Waals surface area (Å²) in [6, 6.07) is 0. The fourth-order valence-corrected chi connectivity index (χ4v) is 1.44. The van der Waals surface area contributed by atoms with E-state index in [1.165, 1.54) is 6.26 Å². The molecule has 0 spiro atoms. The molecular formula is C10H24N2O2S. The summed E-state index contributed by atoms with van der Waals surface area (Å²) in [4.78, 5) is 0. The lowest BCUT2D eigenvalue weighted by atomic mass is 10.2. The minimum atomic E-state index is -2.89. The molecule has 1 atom stereocenters. The normalized spacial score (nSPS) is 14.5. The fraction of sp³-hybridized carbons (Fsp3) is 1.00. The van der Waals surface area contributed by atoms with Gasteiger partial charge in [0.25, 0.3) is 0 Å². The van der Waals surface area contributed by atoms with E-state index in [2.05, 4.69) is 24.5 Å². The monoisotopic (exact) mass is 236 g/mol. The molecule has 0 radical (unpaired) electrons. The molecule has 1 unspecified atom stereocenters. The topological polar surface area (TPSA) is 58.2 Å². The number of sulfone groups is 1. The van der Waals surface area contributed by atoms with Gasteiger partial charge in [-0.1, -0.05) is 13.8 Å². The first-order valence-corrected chi connectivity index (χ1v) is 7.39. The largest absolute Gasteiger partial charge is 0.315 e. The van der Waals surface area contributed by atoms with Crippen LogP contribution in [0.25, 0.3) is 0 Å². The van der Waals surface area contributed by atoms with E-state index in [1.54, 1.807) is 6.92 Å². The molecule has 0 aromatic rings. The van der Waals surface area contributed by atoms with Gasteiger partial charge in [-0.25, -0.2) is 8.42 Å². The summed E-state index contributed by atoms with van der Waals surface area (Å²) in [5.41, 5.74) is 0. The third-order valence-corrected chi connectivity index (χ3v) is 3.82. The molecule has 0 rings (SSSR count).